The number of aryl methyl sites for hydroxylation is 2. The number of rotatable bonds is 4. The van der Waals surface area contributed by atoms with E-state index in [-0.39, 0.29) is 5.82 Å². The van der Waals surface area contributed by atoms with Crippen molar-refractivity contribution in [3.8, 4) is 0 Å². The van der Waals surface area contributed by atoms with Crippen LogP contribution in [0.3, 0.4) is 0 Å². The third-order valence-electron chi connectivity index (χ3n) is 3.01. The number of hydrazine groups is 1. The largest absolute Gasteiger partial charge is 0.271 e. The fourth-order valence-electron chi connectivity index (χ4n) is 2.03. The Balaban J connectivity index is 2.45. The van der Waals surface area contributed by atoms with Crippen molar-refractivity contribution in [1.29, 1.82) is 0 Å². The van der Waals surface area contributed by atoms with E-state index in [1.54, 1.807) is 22.9 Å². The zero-order valence-electron chi connectivity index (χ0n) is 10.5. The minimum Gasteiger partial charge on any atom is -0.271 e. The van der Waals surface area contributed by atoms with Gasteiger partial charge in [0.15, 0.2) is 0 Å². The molecule has 18 heavy (non-hydrogen) atoms. The first-order chi connectivity index (χ1) is 8.67. The highest BCUT2D eigenvalue weighted by Gasteiger charge is 2.20. The molecule has 1 aromatic carbocycles. The second-order valence-electron chi connectivity index (χ2n) is 4.16. The SMILES string of the molecule is CCc1cc(C(NN)c2ccccc2F)n(C)n1. The smallest absolute Gasteiger partial charge is 0.128 e. The minimum atomic E-state index is -0.399. The lowest BCUT2D eigenvalue weighted by Crippen LogP contribution is -2.31. The van der Waals surface area contributed by atoms with E-state index in [0.29, 0.717) is 5.56 Å². The fourth-order valence-corrected chi connectivity index (χ4v) is 2.03. The molecule has 5 heteroatoms. The normalized spacial score (nSPS) is 12.7. The monoisotopic (exact) mass is 248 g/mol. The Morgan fingerprint density at radius 2 is 2.17 bits per heavy atom. The van der Waals surface area contributed by atoms with Crippen LogP contribution in [-0.2, 0) is 13.5 Å². The Labute approximate surface area is 106 Å². The average molecular weight is 248 g/mol. The van der Waals surface area contributed by atoms with E-state index in [0.717, 1.165) is 17.8 Å². The molecule has 1 aromatic heterocycles. The topological polar surface area (TPSA) is 55.9 Å². The summed E-state index contributed by atoms with van der Waals surface area (Å²) in [6.07, 6.45) is 0.836. The van der Waals surface area contributed by atoms with Gasteiger partial charge in [0.1, 0.15) is 5.82 Å². The zero-order valence-corrected chi connectivity index (χ0v) is 10.5. The predicted molar refractivity (Wildman–Crippen MR) is 68.2 cm³/mol. The lowest BCUT2D eigenvalue weighted by atomic mass is 10.0. The van der Waals surface area contributed by atoms with Crippen LogP contribution in [0.2, 0.25) is 0 Å². The van der Waals surface area contributed by atoms with Crippen LogP contribution in [0, 0.1) is 5.82 Å². The van der Waals surface area contributed by atoms with Gasteiger partial charge in [-0.25, -0.2) is 9.82 Å². The molecule has 1 atom stereocenters. The lowest BCUT2D eigenvalue weighted by Gasteiger charge is -2.17. The molecule has 3 N–H and O–H groups in total. The minimum absolute atomic E-state index is 0.278. The number of benzene rings is 1. The summed E-state index contributed by atoms with van der Waals surface area (Å²) in [6, 6.07) is 8.14. The van der Waals surface area contributed by atoms with Gasteiger partial charge in [-0.1, -0.05) is 25.1 Å². The maximum Gasteiger partial charge on any atom is 0.128 e. The van der Waals surface area contributed by atoms with E-state index in [2.05, 4.69) is 10.5 Å². The standard InChI is InChI=1S/C13H17FN4/c1-3-9-8-12(18(2)17-9)13(16-15)10-6-4-5-7-11(10)14/h4-8,13,16H,3,15H2,1-2H3. The fraction of sp³-hybridized carbons (Fsp3) is 0.308. The van der Waals surface area contributed by atoms with Crippen LogP contribution in [0.4, 0.5) is 4.39 Å². The van der Waals surface area contributed by atoms with Crippen molar-refractivity contribution in [1.82, 2.24) is 15.2 Å². The Morgan fingerprint density at radius 1 is 1.44 bits per heavy atom. The third kappa shape index (κ3) is 2.27. The van der Waals surface area contributed by atoms with Gasteiger partial charge in [0.2, 0.25) is 0 Å². The van der Waals surface area contributed by atoms with Crippen LogP contribution in [0.5, 0.6) is 0 Å². The van der Waals surface area contributed by atoms with Gasteiger partial charge in [0, 0.05) is 12.6 Å². The maximum atomic E-state index is 13.8. The number of aromatic nitrogens is 2. The Morgan fingerprint density at radius 3 is 2.72 bits per heavy atom. The van der Waals surface area contributed by atoms with Gasteiger partial charge in [-0.2, -0.15) is 5.10 Å². The number of halogens is 1. The molecule has 2 rings (SSSR count). The summed E-state index contributed by atoms with van der Waals surface area (Å²) < 4.78 is 15.5. The van der Waals surface area contributed by atoms with Crippen molar-refractivity contribution in [2.24, 2.45) is 12.9 Å². The molecule has 0 bridgehead atoms. The van der Waals surface area contributed by atoms with Gasteiger partial charge < -0.3 is 0 Å². The molecule has 0 saturated carbocycles. The Bertz CT molecular complexity index is 536. The van der Waals surface area contributed by atoms with Crippen molar-refractivity contribution >= 4 is 0 Å². The molecule has 0 aliphatic carbocycles. The molecule has 0 fully saturated rings. The number of hydrogen-bond donors (Lipinski definition) is 2. The molecule has 1 heterocycles. The molecule has 96 valence electrons. The zero-order chi connectivity index (χ0) is 13.1. The first-order valence-corrected chi connectivity index (χ1v) is 5.90. The van der Waals surface area contributed by atoms with Crippen LogP contribution in [0.1, 0.15) is 29.9 Å². The molecule has 4 nitrogen and oxygen atoms in total. The summed E-state index contributed by atoms with van der Waals surface area (Å²) in [5, 5.41) is 4.35. The Hall–Kier alpha value is -1.72. The molecule has 0 saturated heterocycles. The van der Waals surface area contributed by atoms with Crippen LogP contribution >= 0.6 is 0 Å². The number of nitrogens with one attached hydrogen (secondary N) is 1. The van der Waals surface area contributed by atoms with E-state index < -0.39 is 6.04 Å². The van der Waals surface area contributed by atoms with E-state index in [1.165, 1.54) is 6.07 Å². The molecule has 0 radical (unpaired) electrons. The molecule has 0 aliphatic heterocycles. The predicted octanol–water partition coefficient (Wildman–Crippen LogP) is 1.67. The molecule has 0 aliphatic rings. The first-order valence-electron chi connectivity index (χ1n) is 5.90. The van der Waals surface area contributed by atoms with Gasteiger partial charge in [-0.05, 0) is 18.6 Å². The van der Waals surface area contributed by atoms with Crippen molar-refractivity contribution in [3.05, 3.63) is 53.1 Å². The van der Waals surface area contributed by atoms with Crippen LogP contribution < -0.4 is 11.3 Å². The molecular weight excluding hydrogens is 231 g/mol. The number of hydrogen-bond acceptors (Lipinski definition) is 3. The lowest BCUT2D eigenvalue weighted by molar-refractivity contribution is 0.532. The van der Waals surface area contributed by atoms with Crippen LogP contribution in [0.25, 0.3) is 0 Å². The average Bonchev–Trinajstić information content (AvgIpc) is 2.74. The highest BCUT2D eigenvalue weighted by molar-refractivity contribution is 5.30. The van der Waals surface area contributed by atoms with E-state index >= 15 is 0 Å². The van der Waals surface area contributed by atoms with Crippen molar-refractivity contribution in [2.75, 3.05) is 0 Å². The summed E-state index contributed by atoms with van der Waals surface area (Å²) >= 11 is 0. The van der Waals surface area contributed by atoms with Crippen LogP contribution in [-0.4, -0.2) is 9.78 Å². The molecule has 1 unspecified atom stereocenters. The maximum absolute atomic E-state index is 13.8. The second kappa shape index (κ2) is 5.29. The number of nitrogens with two attached hydrogens (primary N) is 1. The van der Waals surface area contributed by atoms with Gasteiger partial charge in [0.05, 0.1) is 17.4 Å². The van der Waals surface area contributed by atoms with Gasteiger partial charge in [0.25, 0.3) is 0 Å². The van der Waals surface area contributed by atoms with E-state index in [4.69, 9.17) is 5.84 Å². The van der Waals surface area contributed by atoms with Gasteiger partial charge in [-0.3, -0.25) is 10.5 Å². The third-order valence-corrected chi connectivity index (χ3v) is 3.01. The highest BCUT2D eigenvalue weighted by atomic mass is 19.1. The molecular formula is C13H17FN4. The summed E-state index contributed by atoms with van der Waals surface area (Å²) in [7, 11) is 1.83. The van der Waals surface area contributed by atoms with E-state index in [9.17, 15) is 4.39 Å². The summed E-state index contributed by atoms with van der Waals surface area (Å²) in [6.45, 7) is 2.03. The van der Waals surface area contributed by atoms with Gasteiger partial charge >= 0.3 is 0 Å². The highest BCUT2D eigenvalue weighted by Crippen LogP contribution is 2.24. The molecule has 0 spiro atoms. The van der Waals surface area contributed by atoms with Crippen LogP contribution in [0.15, 0.2) is 30.3 Å². The summed E-state index contributed by atoms with van der Waals surface area (Å²) in [5.74, 6) is 5.29. The molecule has 0 amide bonds. The van der Waals surface area contributed by atoms with E-state index in [1.807, 2.05) is 20.0 Å². The number of nitrogens with zero attached hydrogens (tertiary/aromatic N) is 2. The van der Waals surface area contributed by atoms with Gasteiger partial charge in [-0.15, -0.1) is 0 Å². The Kier molecular flexibility index (Phi) is 3.74. The quantitative estimate of drug-likeness (QED) is 0.639. The summed E-state index contributed by atoms with van der Waals surface area (Å²) in [4.78, 5) is 0. The molecule has 2 aromatic rings. The van der Waals surface area contributed by atoms with Crippen molar-refractivity contribution in [2.45, 2.75) is 19.4 Å². The van der Waals surface area contributed by atoms with Crippen molar-refractivity contribution < 1.29 is 4.39 Å². The summed E-state index contributed by atoms with van der Waals surface area (Å²) in [5.41, 5.74) is 4.98. The van der Waals surface area contributed by atoms with Crippen molar-refractivity contribution in [3.63, 3.8) is 0 Å². The first kappa shape index (κ1) is 12.7. The second-order valence-corrected chi connectivity index (χ2v) is 4.16.